The van der Waals surface area contributed by atoms with E-state index >= 15 is 0 Å². The molecule has 0 bridgehead atoms. The molecule has 2 aromatic rings. The van der Waals surface area contributed by atoms with Crippen molar-refractivity contribution in [2.45, 2.75) is 143 Å². The molecule has 1 aliphatic rings. The first-order valence-corrected chi connectivity index (χ1v) is 22.9. The van der Waals surface area contributed by atoms with Crippen molar-refractivity contribution in [1.29, 1.82) is 0 Å². The minimum Gasteiger partial charge on any atom is -0.444 e. The van der Waals surface area contributed by atoms with Gasteiger partial charge in [-0.15, -0.1) is 11.3 Å². The van der Waals surface area contributed by atoms with Crippen LogP contribution >= 0.6 is 11.3 Å². The van der Waals surface area contributed by atoms with Gasteiger partial charge in [0.2, 0.25) is 11.8 Å². The number of nitrogens with one attached hydrogen (secondary N) is 2. The number of aryl methyl sites for hydroxylation is 1. The molecule has 3 N–H and O–H groups in total. The fourth-order valence-corrected chi connectivity index (χ4v) is 8.28. The van der Waals surface area contributed by atoms with Crippen LogP contribution in [0.3, 0.4) is 0 Å². The first-order valence-electron chi connectivity index (χ1n) is 19.1. The number of aliphatic hydroxyl groups is 1. The van der Waals surface area contributed by atoms with Gasteiger partial charge in [-0.2, -0.15) is 0 Å². The minimum atomic E-state index is -2.20. The van der Waals surface area contributed by atoms with Gasteiger partial charge >= 0.3 is 6.09 Å². The molecule has 2 heterocycles. The van der Waals surface area contributed by atoms with E-state index in [0.717, 1.165) is 34.5 Å². The van der Waals surface area contributed by atoms with Gasteiger partial charge in [-0.1, -0.05) is 65.8 Å². The van der Waals surface area contributed by atoms with Gasteiger partial charge in [0.15, 0.2) is 8.32 Å². The molecule has 13 heteroatoms. The third kappa shape index (κ3) is 13.2. The number of hydrogen-bond acceptors (Lipinski definition) is 9. The zero-order chi connectivity index (χ0) is 39.8. The van der Waals surface area contributed by atoms with E-state index in [-0.39, 0.29) is 29.6 Å². The smallest absolute Gasteiger partial charge is 0.410 e. The van der Waals surface area contributed by atoms with E-state index in [1.54, 1.807) is 21.1 Å². The van der Waals surface area contributed by atoms with Crippen LogP contribution in [0.5, 0.6) is 0 Å². The Morgan fingerprint density at radius 3 is 2.23 bits per heavy atom. The van der Waals surface area contributed by atoms with Gasteiger partial charge in [0.25, 0.3) is 0 Å². The maximum absolute atomic E-state index is 14.6. The molecule has 0 aliphatic carbocycles. The molecule has 0 spiro atoms. The van der Waals surface area contributed by atoms with Gasteiger partial charge < -0.3 is 34.7 Å². The average Bonchev–Trinajstić information content (AvgIpc) is 3.66. The Morgan fingerprint density at radius 1 is 1.02 bits per heavy atom. The summed E-state index contributed by atoms with van der Waals surface area (Å²) in [5.74, 6) is -0.358. The number of thiazole rings is 1. The highest BCUT2D eigenvalue weighted by atomic mass is 32.1. The molecule has 53 heavy (non-hydrogen) atoms. The van der Waals surface area contributed by atoms with Crippen LogP contribution in [-0.2, 0) is 25.3 Å². The molecule has 11 nitrogen and oxygen atoms in total. The highest BCUT2D eigenvalue weighted by Crippen LogP contribution is 2.39. The molecule has 1 saturated heterocycles. The Kier molecular flexibility index (Phi) is 15.7. The van der Waals surface area contributed by atoms with E-state index in [2.05, 4.69) is 61.6 Å². The van der Waals surface area contributed by atoms with Crippen molar-refractivity contribution in [2.24, 2.45) is 5.41 Å². The van der Waals surface area contributed by atoms with Crippen LogP contribution in [0.25, 0.3) is 10.4 Å². The normalized spacial score (nSPS) is 17.5. The number of aliphatic hydroxyl groups excluding tert-OH is 1. The van der Waals surface area contributed by atoms with E-state index in [9.17, 15) is 19.5 Å². The monoisotopic (exact) mass is 773 g/mol. The highest BCUT2D eigenvalue weighted by molar-refractivity contribution is 7.13. The number of amides is 3. The Morgan fingerprint density at radius 2 is 1.68 bits per heavy atom. The molecule has 0 saturated carbocycles. The lowest BCUT2D eigenvalue weighted by Crippen LogP contribution is -2.57. The number of rotatable bonds is 16. The van der Waals surface area contributed by atoms with Crippen LogP contribution in [0.4, 0.5) is 4.79 Å². The molecule has 1 aromatic heterocycles. The van der Waals surface area contributed by atoms with Crippen molar-refractivity contribution in [3.8, 4) is 10.4 Å². The zero-order valence-electron chi connectivity index (χ0n) is 34.4. The van der Waals surface area contributed by atoms with Gasteiger partial charge in [0.1, 0.15) is 11.6 Å². The fourth-order valence-electron chi connectivity index (χ4n) is 6.11. The van der Waals surface area contributed by atoms with E-state index in [0.29, 0.717) is 45.6 Å². The molecule has 1 unspecified atom stereocenters. The standard InChI is InChI=1S/C40H67N5O6SSi/c1-28-33(52-27-43-28)30-18-16-29(17-19-30)25-42-35(47)32-24-31(51-53(11,12)40(8,9)10)26-45(32)36(48)34(38(2,3)4)41-20-22-44(21-14-13-15-23-46)37(49)50-39(5,6)7/h16-19,27,31-32,34,41,46H,13-15,20-26H2,1-12H3,(H,42,47)/t31?,32-,34+/m0/s1. The van der Waals surface area contributed by atoms with Gasteiger partial charge in [0.05, 0.1) is 28.2 Å². The predicted molar refractivity (Wildman–Crippen MR) is 216 cm³/mol. The number of ether oxygens (including phenoxy) is 1. The maximum atomic E-state index is 14.6. The Bertz CT molecular complexity index is 1490. The first-order chi connectivity index (χ1) is 24.5. The summed E-state index contributed by atoms with van der Waals surface area (Å²) in [6.07, 6.45) is 1.95. The number of benzene rings is 1. The number of nitrogens with zero attached hydrogens (tertiary/aromatic N) is 3. The number of carbonyl (C=O) groups excluding carboxylic acids is 3. The number of carbonyl (C=O) groups is 3. The summed E-state index contributed by atoms with van der Waals surface area (Å²) in [7, 11) is -2.20. The van der Waals surface area contributed by atoms with Gasteiger partial charge in [-0.25, -0.2) is 9.78 Å². The minimum absolute atomic E-state index is 0.0281. The second-order valence-corrected chi connectivity index (χ2v) is 23.5. The van der Waals surface area contributed by atoms with Crippen LogP contribution < -0.4 is 10.6 Å². The predicted octanol–water partition coefficient (Wildman–Crippen LogP) is 7.13. The third-order valence-electron chi connectivity index (χ3n) is 10.1. The van der Waals surface area contributed by atoms with Crippen molar-refractivity contribution in [3.05, 3.63) is 41.0 Å². The van der Waals surface area contributed by atoms with Crippen LogP contribution in [0.15, 0.2) is 29.8 Å². The zero-order valence-corrected chi connectivity index (χ0v) is 36.2. The number of aromatic nitrogens is 1. The van der Waals surface area contributed by atoms with Crippen molar-refractivity contribution in [1.82, 2.24) is 25.4 Å². The van der Waals surface area contributed by atoms with Gasteiger partial charge in [-0.05, 0) is 81.6 Å². The average molecular weight is 774 g/mol. The Balaban J connectivity index is 1.79. The lowest BCUT2D eigenvalue weighted by atomic mass is 9.85. The van der Waals surface area contributed by atoms with Gasteiger partial charge in [0, 0.05) is 45.8 Å². The fraction of sp³-hybridized carbons (Fsp3) is 0.700. The van der Waals surface area contributed by atoms with Crippen molar-refractivity contribution < 1.29 is 28.7 Å². The second kappa shape index (κ2) is 18.7. The molecule has 1 fully saturated rings. The van der Waals surface area contributed by atoms with Crippen molar-refractivity contribution in [3.63, 3.8) is 0 Å². The van der Waals surface area contributed by atoms with Crippen LogP contribution in [-0.4, -0.2) is 103 Å². The van der Waals surface area contributed by atoms with Crippen LogP contribution in [0.2, 0.25) is 18.1 Å². The lowest BCUT2D eigenvalue weighted by Gasteiger charge is -2.38. The quantitative estimate of drug-likeness (QED) is 0.121. The van der Waals surface area contributed by atoms with Crippen molar-refractivity contribution >= 4 is 37.6 Å². The van der Waals surface area contributed by atoms with Gasteiger partial charge in [-0.3, -0.25) is 9.59 Å². The van der Waals surface area contributed by atoms with Crippen LogP contribution in [0, 0.1) is 12.3 Å². The van der Waals surface area contributed by atoms with E-state index in [4.69, 9.17) is 9.16 Å². The maximum Gasteiger partial charge on any atom is 0.410 e. The highest BCUT2D eigenvalue weighted by Gasteiger charge is 2.47. The number of hydrogen-bond donors (Lipinski definition) is 3. The number of likely N-dealkylation sites (tertiary alicyclic amines) is 1. The molecule has 0 radical (unpaired) electrons. The molecule has 3 atom stereocenters. The van der Waals surface area contributed by atoms with Crippen LogP contribution in [0.1, 0.15) is 99.3 Å². The SMILES string of the molecule is Cc1ncsc1-c1ccc(CNC(=O)[C@@H]2CC(O[Si](C)(C)C(C)(C)C)CN2C(=O)[C@@H](NCCN(CCCCCO)C(=O)OC(C)(C)C)C(C)(C)C)cc1. The molecular formula is C40H67N5O6SSi. The molecule has 3 amide bonds. The largest absolute Gasteiger partial charge is 0.444 e. The summed E-state index contributed by atoms with van der Waals surface area (Å²) < 4.78 is 12.5. The summed E-state index contributed by atoms with van der Waals surface area (Å²) >= 11 is 1.61. The van der Waals surface area contributed by atoms with E-state index < -0.39 is 37.5 Å². The molecule has 298 valence electrons. The second-order valence-electron chi connectivity index (χ2n) is 17.9. The lowest BCUT2D eigenvalue weighted by molar-refractivity contribution is -0.142. The summed E-state index contributed by atoms with van der Waals surface area (Å²) in [6.45, 7) is 26.5. The summed E-state index contributed by atoms with van der Waals surface area (Å²) in [5.41, 5.74) is 3.76. The summed E-state index contributed by atoms with van der Waals surface area (Å²) in [4.78, 5) is 50.6. The molecule has 1 aromatic carbocycles. The molecule has 1 aliphatic heterocycles. The van der Waals surface area contributed by atoms with Crippen molar-refractivity contribution in [2.75, 3.05) is 32.8 Å². The summed E-state index contributed by atoms with van der Waals surface area (Å²) in [6, 6.07) is 6.82. The van der Waals surface area contributed by atoms with E-state index in [1.165, 1.54) is 0 Å². The third-order valence-corrected chi connectivity index (χ3v) is 15.6. The van der Waals surface area contributed by atoms with E-state index in [1.807, 2.05) is 66.1 Å². The summed E-state index contributed by atoms with van der Waals surface area (Å²) in [5, 5.41) is 15.8. The first kappa shape index (κ1) is 44.6. The number of unbranched alkanes of at least 4 members (excludes halogenated alkanes) is 2. The topological polar surface area (TPSA) is 133 Å². The molecular weight excluding hydrogens is 707 g/mol. The molecule has 3 rings (SSSR count). The Hall–Kier alpha value is -2.84. The Labute approximate surface area is 323 Å².